The van der Waals surface area contributed by atoms with Crippen LogP contribution in [-0.2, 0) is 14.3 Å². The first-order valence-corrected chi connectivity index (χ1v) is 9.08. The number of nitrogens with zero attached hydrogens (tertiary/aromatic N) is 1. The maximum absolute atomic E-state index is 12.9. The van der Waals surface area contributed by atoms with Crippen molar-refractivity contribution in [3.8, 4) is 11.5 Å². The number of aliphatic hydroxyl groups is 1. The van der Waals surface area contributed by atoms with Crippen LogP contribution in [0.2, 0.25) is 0 Å². The Morgan fingerprint density at radius 3 is 2.38 bits per heavy atom. The van der Waals surface area contributed by atoms with E-state index in [1.54, 1.807) is 48.5 Å². The summed E-state index contributed by atoms with van der Waals surface area (Å²) >= 11 is 0. The van der Waals surface area contributed by atoms with Crippen molar-refractivity contribution in [1.29, 1.82) is 0 Å². The molecule has 7 heteroatoms. The van der Waals surface area contributed by atoms with E-state index < -0.39 is 17.7 Å². The number of hydrogen-bond acceptors (Lipinski definition) is 6. The van der Waals surface area contributed by atoms with Crippen molar-refractivity contribution in [2.45, 2.75) is 6.04 Å². The Labute approximate surface area is 169 Å². The van der Waals surface area contributed by atoms with Crippen LogP contribution >= 0.6 is 0 Å². The number of methoxy groups -OCH3 is 3. The third kappa shape index (κ3) is 3.82. The fraction of sp³-hybridized carbons (Fsp3) is 0.273. The number of benzene rings is 2. The molecule has 1 aliphatic heterocycles. The fourth-order valence-corrected chi connectivity index (χ4v) is 3.42. The number of hydrogen-bond donors (Lipinski definition) is 1. The van der Waals surface area contributed by atoms with Crippen molar-refractivity contribution >= 4 is 17.4 Å². The first-order valence-electron chi connectivity index (χ1n) is 9.08. The molecule has 29 heavy (non-hydrogen) atoms. The molecule has 0 aromatic heterocycles. The minimum Gasteiger partial charge on any atom is -0.507 e. The molecule has 0 aliphatic carbocycles. The summed E-state index contributed by atoms with van der Waals surface area (Å²) in [5.74, 6) is -0.653. The zero-order valence-electron chi connectivity index (χ0n) is 16.5. The van der Waals surface area contributed by atoms with E-state index in [1.807, 2.05) is 0 Å². The summed E-state index contributed by atoms with van der Waals surface area (Å²) in [4.78, 5) is 27.1. The van der Waals surface area contributed by atoms with Crippen LogP contribution in [0.1, 0.15) is 17.2 Å². The predicted octanol–water partition coefficient (Wildman–Crippen LogP) is 2.77. The summed E-state index contributed by atoms with van der Waals surface area (Å²) in [7, 11) is 4.55. The summed E-state index contributed by atoms with van der Waals surface area (Å²) < 4.78 is 15.8. The molecule has 0 spiro atoms. The first-order chi connectivity index (χ1) is 14.0. The van der Waals surface area contributed by atoms with Crippen LogP contribution < -0.4 is 9.47 Å². The van der Waals surface area contributed by atoms with E-state index in [4.69, 9.17) is 14.2 Å². The van der Waals surface area contributed by atoms with Gasteiger partial charge >= 0.3 is 0 Å². The van der Waals surface area contributed by atoms with Gasteiger partial charge in [0.25, 0.3) is 11.7 Å². The summed E-state index contributed by atoms with van der Waals surface area (Å²) in [6.07, 6.45) is 0. The molecule has 1 unspecified atom stereocenters. The molecule has 1 atom stereocenters. The fourth-order valence-electron chi connectivity index (χ4n) is 3.42. The minimum absolute atomic E-state index is 0.0146. The van der Waals surface area contributed by atoms with Crippen LogP contribution in [0.3, 0.4) is 0 Å². The average molecular weight is 397 g/mol. The lowest BCUT2D eigenvalue weighted by molar-refractivity contribution is -0.140. The molecule has 1 fully saturated rings. The number of aliphatic hydroxyl groups excluding tert-OH is 1. The lowest BCUT2D eigenvalue weighted by Crippen LogP contribution is -2.32. The third-order valence-electron chi connectivity index (χ3n) is 4.86. The normalized spacial score (nSPS) is 18.2. The highest BCUT2D eigenvalue weighted by atomic mass is 16.5. The highest BCUT2D eigenvalue weighted by Crippen LogP contribution is 2.43. The Bertz CT molecular complexity index is 938. The van der Waals surface area contributed by atoms with Crippen LogP contribution in [0, 0.1) is 0 Å². The quantitative estimate of drug-likeness (QED) is 0.439. The van der Waals surface area contributed by atoms with Gasteiger partial charge in [-0.1, -0.05) is 30.3 Å². The third-order valence-corrected chi connectivity index (χ3v) is 4.86. The number of rotatable bonds is 7. The molecule has 1 aliphatic rings. The van der Waals surface area contributed by atoms with Crippen LogP contribution in [0.4, 0.5) is 0 Å². The molecule has 3 rings (SSSR count). The highest BCUT2D eigenvalue weighted by molar-refractivity contribution is 6.46. The zero-order valence-corrected chi connectivity index (χ0v) is 16.5. The van der Waals surface area contributed by atoms with Gasteiger partial charge in [-0.15, -0.1) is 0 Å². The van der Waals surface area contributed by atoms with Crippen molar-refractivity contribution in [2.24, 2.45) is 0 Å². The van der Waals surface area contributed by atoms with Crippen molar-refractivity contribution in [2.75, 3.05) is 34.5 Å². The van der Waals surface area contributed by atoms with Crippen molar-refractivity contribution < 1.29 is 28.9 Å². The number of amides is 1. The second kappa shape index (κ2) is 8.79. The molecule has 0 bridgehead atoms. The van der Waals surface area contributed by atoms with E-state index in [0.717, 1.165) is 0 Å². The second-order valence-electron chi connectivity index (χ2n) is 6.46. The molecule has 2 aromatic carbocycles. The first kappa shape index (κ1) is 20.4. The minimum atomic E-state index is -0.814. The van der Waals surface area contributed by atoms with Gasteiger partial charge in [0.2, 0.25) is 0 Å². The molecular formula is C22H23NO6. The molecule has 0 radical (unpaired) electrons. The van der Waals surface area contributed by atoms with Crippen molar-refractivity contribution in [3.63, 3.8) is 0 Å². The van der Waals surface area contributed by atoms with E-state index in [0.29, 0.717) is 22.6 Å². The summed E-state index contributed by atoms with van der Waals surface area (Å²) in [5, 5.41) is 10.9. The molecule has 1 heterocycles. The largest absolute Gasteiger partial charge is 0.507 e. The van der Waals surface area contributed by atoms with Gasteiger partial charge in [-0.2, -0.15) is 0 Å². The van der Waals surface area contributed by atoms with Gasteiger partial charge in [0.1, 0.15) is 17.3 Å². The SMILES string of the molecule is COCCN1C(=O)C(=O)/C(=C(/O)c2ccccc2)C1c1ccc(OC)cc1OC. The molecule has 152 valence electrons. The number of likely N-dealkylation sites (tertiary alicyclic amines) is 1. The Kier molecular flexibility index (Phi) is 6.19. The summed E-state index contributed by atoms with van der Waals surface area (Å²) in [6, 6.07) is 13.0. The second-order valence-corrected chi connectivity index (χ2v) is 6.46. The summed E-state index contributed by atoms with van der Waals surface area (Å²) in [6.45, 7) is 0.430. The molecule has 0 saturated carbocycles. The number of ketones is 1. The van der Waals surface area contributed by atoms with Crippen LogP contribution in [0.25, 0.3) is 5.76 Å². The van der Waals surface area contributed by atoms with Gasteiger partial charge in [0, 0.05) is 30.8 Å². The highest BCUT2D eigenvalue weighted by Gasteiger charge is 2.46. The smallest absolute Gasteiger partial charge is 0.295 e. The lowest BCUT2D eigenvalue weighted by atomic mass is 9.94. The standard InChI is InChI=1S/C22H23NO6/c1-27-12-11-23-19(16-10-9-15(28-2)13-17(16)29-3)18(21(25)22(23)26)20(24)14-7-5-4-6-8-14/h4-10,13,19,24H,11-12H2,1-3H3/b20-18+. The van der Waals surface area contributed by atoms with Gasteiger partial charge in [-0.25, -0.2) is 0 Å². The van der Waals surface area contributed by atoms with E-state index in [-0.39, 0.29) is 24.5 Å². The average Bonchev–Trinajstić information content (AvgIpc) is 3.01. The predicted molar refractivity (Wildman–Crippen MR) is 107 cm³/mol. The van der Waals surface area contributed by atoms with Crippen LogP contribution in [0.15, 0.2) is 54.1 Å². The topological polar surface area (TPSA) is 85.3 Å². The van der Waals surface area contributed by atoms with Crippen molar-refractivity contribution in [1.82, 2.24) is 4.90 Å². The van der Waals surface area contributed by atoms with Gasteiger partial charge < -0.3 is 24.2 Å². The van der Waals surface area contributed by atoms with E-state index in [1.165, 1.54) is 26.2 Å². The lowest BCUT2D eigenvalue weighted by Gasteiger charge is -2.26. The molecule has 1 saturated heterocycles. The number of carbonyl (C=O) groups is 2. The summed E-state index contributed by atoms with van der Waals surface area (Å²) in [5.41, 5.74) is 1.04. The number of Topliss-reactive ketones (excluding diaryl/α,β-unsaturated/α-hetero) is 1. The van der Waals surface area contributed by atoms with Gasteiger partial charge in [0.05, 0.1) is 32.4 Å². The Hall–Kier alpha value is -3.32. The van der Waals surface area contributed by atoms with Crippen molar-refractivity contribution in [3.05, 3.63) is 65.2 Å². The molecule has 1 amide bonds. The molecule has 2 aromatic rings. The number of ether oxygens (including phenoxy) is 3. The Morgan fingerprint density at radius 1 is 1.03 bits per heavy atom. The molecule has 1 N–H and O–H groups in total. The maximum Gasteiger partial charge on any atom is 0.295 e. The maximum atomic E-state index is 12.9. The Balaban J connectivity index is 2.21. The Morgan fingerprint density at radius 2 is 1.76 bits per heavy atom. The monoisotopic (exact) mass is 397 g/mol. The van der Waals surface area contributed by atoms with E-state index in [2.05, 4.69) is 0 Å². The van der Waals surface area contributed by atoms with Crippen LogP contribution in [0.5, 0.6) is 11.5 Å². The van der Waals surface area contributed by atoms with E-state index >= 15 is 0 Å². The number of carbonyl (C=O) groups excluding carboxylic acids is 2. The molecule has 7 nitrogen and oxygen atoms in total. The van der Waals surface area contributed by atoms with Crippen LogP contribution in [-0.4, -0.2) is 56.2 Å². The van der Waals surface area contributed by atoms with Gasteiger partial charge in [-0.3, -0.25) is 9.59 Å². The zero-order chi connectivity index (χ0) is 21.0. The molecular weight excluding hydrogens is 374 g/mol. The van der Waals surface area contributed by atoms with Gasteiger partial charge in [0.15, 0.2) is 0 Å². The van der Waals surface area contributed by atoms with E-state index in [9.17, 15) is 14.7 Å². The van der Waals surface area contributed by atoms with Gasteiger partial charge in [-0.05, 0) is 12.1 Å².